The fourth-order valence-electron chi connectivity index (χ4n) is 2.26. The normalized spacial score (nSPS) is 28.2. The number of rotatable bonds is 3. The Bertz CT molecular complexity index is 360. The zero-order valence-corrected chi connectivity index (χ0v) is 10.0. The molecule has 0 spiro atoms. The number of carbonyl (C=O) groups is 3. The van der Waals surface area contributed by atoms with Gasteiger partial charge in [-0.1, -0.05) is 11.8 Å². The van der Waals surface area contributed by atoms with Gasteiger partial charge in [0, 0.05) is 18.3 Å². The summed E-state index contributed by atoms with van der Waals surface area (Å²) in [4.78, 5) is 35.4. The molecule has 94 valence electrons. The molecule has 6 nitrogen and oxygen atoms in total. The maximum atomic E-state index is 12.1. The molecule has 2 saturated heterocycles. The van der Waals surface area contributed by atoms with E-state index < -0.39 is 12.0 Å². The number of hydrogen-bond acceptors (Lipinski definition) is 4. The highest BCUT2D eigenvalue weighted by Gasteiger charge is 2.37. The number of likely N-dealkylation sites (tertiary alicyclic amines) is 1. The Balaban J connectivity index is 1.98. The predicted octanol–water partition coefficient (Wildman–Crippen LogP) is 0.277. The number of amides is 2. The lowest BCUT2D eigenvalue weighted by molar-refractivity contribution is -0.140. The number of thioether (sulfide) groups is 1. The van der Waals surface area contributed by atoms with Gasteiger partial charge in [-0.25, -0.2) is 0 Å². The third kappa shape index (κ3) is 2.71. The Hall–Kier alpha value is -1.24. The van der Waals surface area contributed by atoms with Crippen LogP contribution in [-0.4, -0.2) is 51.5 Å². The average molecular weight is 258 g/mol. The Labute approximate surface area is 103 Å². The van der Waals surface area contributed by atoms with E-state index >= 15 is 0 Å². The lowest BCUT2D eigenvalue weighted by atomic mass is 10.1. The largest absolute Gasteiger partial charge is 0.481 e. The van der Waals surface area contributed by atoms with Gasteiger partial charge in [0.15, 0.2) is 0 Å². The van der Waals surface area contributed by atoms with E-state index in [1.807, 2.05) is 0 Å². The first-order chi connectivity index (χ1) is 8.08. The van der Waals surface area contributed by atoms with Gasteiger partial charge in [-0.3, -0.25) is 14.4 Å². The summed E-state index contributed by atoms with van der Waals surface area (Å²) in [6.07, 6.45) is 1.54. The van der Waals surface area contributed by atoms with Crippen molar-refractivity contribution in [3.05, 3.63) is 0 Å². The molecule has 0 aromatic heterocycles. The Morgan fingerprint density at radius 1 is 1.53 bits per heavy atom. The summed E-state index contributed by atoms with van der Waals surface area (Å²) in [6.45, 7) is 0.591. The van der Waals surface area contributed by atoms with Gasteiger partial charge in [-0.2, -0.15) is 0 Å². The summed E-state index contributed by atoms with van der Waals surface area (Å²) in [7, 11) is 0. The van der Waals surface area contributed by atoms with Gasteiger partial charge in [0.2, 0.25) is 5.91 Å². The van der Waals surface area contributed by atoms with Crippen LogP contribution in [0.5, 0.6) is 0 Å². The van der Waals surface area contributed by atoms with Crippen molar-refractivity contribution in [2.24, 2.45) is 0 Å². The minimum Gasteiger partial charge on any atom is -0.481 e. The van der Waals surface area contributed by atoms with E-state index in [0.29, 0.717) is 12.3 Å². The summed E-state index contributed by atoms with van der Waals surface area (Å²) < 4.78 is 0. The van der Waals surface area contributed by atoms with Crippen LogP contribution >= 0.6 is 11.8 Å². The third-order valence-electron chi connectivity index (χ3n) is 3.04. The molecule has 2 aliphatic heterocycles. The molecule has 17 heavy (non-hydrogen) atoms. The lowest BCUT2D eigenvalue weighted by Crippen LogP contribution is -2.47. The molecule has 2 atom stereocenters. The van der Waals surface area contributed by atoms with Crippen molar-refractivity contribution in [3.8, 4) is 0 Å². The Morgan fingerprint density at radius 3 is 2.88 bits per heavy atom. The van der Waals surface area contributed by atoms with E-state index in [0.717, 1.165) is 24.6 Å². The smallest absolute Gasteiger partial charge is 0.305 e. The molecule has 2 N–H and O–H groups in total. The molecule has 2 amide bonds. The summed E-state index contributed by atoms with van der Waals surface area (Å²) >= 11 is 1.09. The maximum absolute atomic E-state index is 12.1. The highest BCUT2D eigenvalue weighted by atomic mass is 32.2. The number of carboxylic acids is 1. The number of nitrogens with one attached hydrogen (secondary N) is 1. The van der Waals surface area contributed by atoms with Crippen molar-refractivity contribution in [1.82, 2.24) is 10.2 Å². The van der Waals surface area contributed by atoms with Crippen LogP contribution in [0, 0.1) is 0 Å². The van der Waals surface area contributed by atoms with Gasteiger partial charge in [0.1, 0.15) is 6.04 Å². The van der Waals surface area contributed by atoms with Gasteiger partial charge in [0.05, 0.1) is 6.42 Å². The monoisotopic (exact) mass is 258 g/mol. The summed E-state index contributed by atoms with van der Waals surface area (Å²) in [5.41, 5.74) is 0. The first-order valence-corrected chi connectivity index (χ1v) is 6.52. The lowest BCUT2D eigenvalue weighted by Gasteiger charge is -2.25. The summed E-state index contributed by atoms with van der Waals surface area (Å²) in [6, 6.07) is -0.704. The van der Waals surface area contributed by atoms with Crippen LogP contribution in [-0.2, 0) is 9.59 Å². The minimum absolute atomic E-state index is 0.0143. The molecule has 0 radical (unpaired) electrons. The molecule has 2 rings (SSSR count). The van der Waals surface area contributed by atoms with Crippen LogP contribution in [0.4, 0.5) is 4.79 Å². The van der Waals surface area contributed by atoms with Crippen LogP contribution < -0.4 is 5.32 Å². The molecular weight excluding hydrogens is 244 g/mol. The number of carbonyl (C=O) groups excluding carboxylic acids is 2. The topological polar surface area (TPSA) is 86.7 Å². The van der Waals surface area contributed by atoms with Crippen molar-refractivity contribution in [1.29, 1.82) is 0 Å². The average Bonchev–Trinajstić information content (AvgIpc) is 2.85. The fourth-order valence-corrected chi connectivity index (χ4v) is 3.03. The molecule has 0 aliphatic carbocycles. The van der Waals surface area contributed by atoms with Gasteiger partial charge in [-0.15, -0.1) is 0 Å². The standard InChI is InChI=1S/C10H14N2O4S/c13-8(14)4-6-2-1-3-12(6)9(15)7-5-17-10(16)11-7/h6-7H,1-5H2,(H,11,16)(H,13,14). The highest BCUT2D eigenvalue weighted by Crippen LogP contribution is 2.23. The number of nitrogens with zero attached hydrogens (tertiary/aromatic N) is 1. The maximum Gasteiger partial charge on any atom is 0.305 e. The van der Waals surface area contributed by atoms with Gasteiger partial charge < -0.3 is 15.3 Å². The predicted molar refractivity (Wildman–Crippen MR) is 61.8 cm³/mol. The SMILES string of the molecule is O=C(O)CC1CCCN1C(=O)C1CSC(=O)N1. The van der Waals surface area contributed by atoms with Crippen LogP contribution in [0.1, 0.15) is 19.3 Å². The molecule has 2 aliphatic rings. The first kappa shape index (κ1) is 12.2. The second-order valence-corrected chi connectivity index (χ2v) is 5.21. The molecule has 2 heterocycles. The van der Waals surface area contributed by atoms with Gasteiger partial charge in [0.25, 0.3) is 5.24 Å². The van der Waals surface area contributed by atoms with E-state index in [4.69, 9.17) is 5.11 Å². The van der Waals surface area contributed by atoms with E-state index in [2.05, 4.69) is 5.32 Å². The zero-order chi connectivity index (χ0) is 12.4. The van der Waals surface area contributed by atoms with Crippen molar-refractivity contribution in [2.75, 3.05) is 12.3 Å². The molecule has 7 heteroatoms. The summed E-state index contributed by atoms with van der Waals surface area (Å²) in [5, 5.41) is 11.2. The Kier molecular flexibility index (Phi) is 3.56. The molecule has 0 bridgehead atoms. The van der Waals surface area contributed by atoms with Crippen molar-refractivity contribution < 1.29 is 19.5 Å². The summed E-state index contributed by atoms with van der Waals surface area (Å²) in [5.74, 6) is -0.597. The second-order valence-electron chi connectivity index (χ2n) is 4.22. The van der Waals surface area contributed by atoms with Crippen LogP contribution in [0.15, 0.2) is 0 Å². The van der Waals surface area contributed by atoms with Crippen LogP contribution in [0.3, 0.4) is 0 Å². The van der Waals surface area contributed by atoms with Gasteiger partial charge >= 0.3 is 5.97 Å². The fraction of sp³-hybridized carbons (Fsp3) is 0.700. The van der Waals surface area contributed by atoms with E-state index in [1.165, 1.54) is 0 Å². The zero-order valence-electron chi connectivity index (χ0n) is 9.22. The quantitative estimate of drug-likeness (QED) is 0.759. The van der Waals surface area contributed by atoms with E-state index in [9.17, 15) is 14.4 Å². The second kappa shape index (κ2) is 4.95. The van der Waals surface area contributed by atoms with Crippen LogP contribution in [0.2, 0.25) is 0 Å². The molecule has 0 aromatic rings. The highest BCUT2D eigenvalue weighted by molar-refractivity contribution is 8.14. The van der Waals surface area contributed by atoms with E-state index in [-0.39, 0.29) is 23.6 Å². The van der Waals surface area contributed by atoms with Crippen molar-refractivity contribution in [3.63, 3.8) is 0 Å². The molecule has 0 aromatic carbocycles. The van der Waals surface area contributed by atoms with Crippen LogP contribution in [0.25, 0.3) is 0 Å². The molecule has 0 saturated carbocycles. The number of aliphatic carboxylic acids is 1. The first-order valence-electron chi connectivity index (χ1n) is 5.53. The molecule has 2 fully saturated rings. The minimum atomic E-state index is -0.889. The Morgan fingerprint density at radius 2 is 2.29 bits per heavy atom. The number of hydrogen-bond donors (Lipinski definition) is 2. The van der Waals surface area contributed by atoms with Crippen molar-refractivity contribution in [2.45, 2.75) is 31.3 Å². The molecule has 2 unspecified atom stereocenters. The third-order valence-corrected chi connectivity index (χ3v) is 3.92. The van der Waals surface area contributed by atoms with Gasteiger partial charge in [-0.05, 0) is 12.8 Å². The molecular formula is C10H14N2O4S. The van der Waals surface area contributed by atoms with Crippen molar-refractivity contribution >= 4 is 28.9 Å². The number of carboxylic acid groups (broad SMARTS) is 1. The van der Waals surface area contributed by atoms with E-state index in [1.54, 1.807) is 4.90 Å².